The van der Waals surface area contributed by atoms with Crippen molar-refractivity contribution in [1.82, 2.24) is 9.55 Å². The van der Waals surface area contributed by atoms with Gasteiger partial charge in [-0.15, -0.1) is 0 Å². The van der Waals surface area contributed by atoms with Crippen molar-refractivity contribution in [2.24, 2.45) is 0 Å². The van der Waals surface area contributed by atoms with Gasteiger partial charge < -0.3 is 9.30 Å². The minimum absolute atomic E-state index is 0.906. The predicted octanol–water partition coefficient (Wildman–Crippen LogP) is 4.36. The van der Waals surface area contributed by atoms with Crippen LogP contribution in [0.2, 0.25) is 0 Å². The van der Waals surface area contributed by atoms with E-state index in [1.54, 1.807) is 7.11 Å². The Hall–Kier alpha value is -2.55. The summed E-state index contributed by atoms with van der Waals surface area (Å²) in [4.78, 5) is 4.64. The Morgan fingerprint density at radius 2 is 1.74 bits per heavy atom. The van der Waals surface area contributed by atoms with E-state index in [-0.39, 0.29) is 0 Å². The van der Waals surface area contributed by atoms with Crippen molar-refractivity contribution in [3.63, 3.8) is 0 Å². The van der Waals surface area contributed by atoms with Crippen LogP contribution in [0.25, 0.3) is 11.3 Å². The molecule has 0 atom stereocenters. The lowest BCUT2D eigenvalue weighted by Crippen LogP contribution is -2.05. The smallest absolute Gasteiger partial charge is 0.122 e. The molecule has 0 aliphatic rings. The lowest BCUT2D eigenvalue weighted by Gasteiger charge is -2.11. The second-order valence-electron chi connectivity index (χ2n) is 5.51. The highest BCUT2D eigenvalue weighted by molar-refractivity contribution is 5.61. The van der Waals surface area contributed by atoms with Gasteiger partial charge >= 0.3 is 0 Å². The topological polar surface area (TPSA) is 27.1 Å². The number of aryl methyl sites for hydroxylation is 2. The molecule has 2 aromatic carbocycles. The van der Waals surface area contributed by atoms with Crippen molar-refractivity contribution in [2.45, 2.75) is 26.3 Å². The highest BCUT2D eigenvalue weighted by Crippen LogP contribution is 2.24. The van der Waals surface area contributed by atoms with Crippen molar-refractivity contribution >= 4 is 0 Å². The number of rotatable bonds is 6. The van der Waals surface area contributed by atoms with Gasteiger partial charge in [-0.2, -0.15) is 0 Å². The number of methoxy groups -OCH3 is 1. The van der Waals surface area contributed by atoms with Crippen molar-refractivity contribution in [3.05, 3.63) is 72.2 Å². The predicted molar refractivity (Wildman–Crippen MR) is 93.7 cm³/mol. The molecule has 23 heavy (non-hydrogen) atoms. The molecule has 0 saturated carbocycles. The number of aromatic nitrogens is 2. The van der Waals surface area contributed by atoms with Crippen molar-refractivity contribution in [2.75, 3.05) is 7.11 Å². The molecule has 3 heteroatoms. The molecule has 3 rings (SSSR count). The van der Waals surface area contributed by atoms with Crippen LogP contribution in [0, 0.1) is 0 Å². The van der Waals surface area contributed by atoms with Crippen LogP contribution >= 0.6 is 0 Å². The van der Waals surface area contributed by atoms with E-state index in [4.69, 9.17) is 4.74 Å². The molecule has 0 N–H and O–H groups in total. The van der Waals surface area contributed by atoms with Gasteiger partial charge in [-0.25, -0.2) is 4.98 Å². The number of nitrogens with zero attached hydrogens (tertiary/aromatic N) is 2. The van der Waals surface area contributed by atoms with Crippen molar-refractivity contribution < 1.29 is 4.74 Å². The molecule has 3 aromatic rings. The molecular weight excluding hydrogens is 284 g/mol. The fourth-order valence-electron chi connectivity index (χ4n) is 2.96. The van der Waals surface area contributed by atoms with Gasteiger partial charge in [-0.05, 0) is 24.5 Å². The van der Waals surface area contributed by atoms with Crippen molar-refractivity contribution in [3.8, 4) is 17.0 Å². The third-order valence-corrected chi connectivity index (χ3v) is 4.14. The van der Waals surface area contributed by atoms with Crippen LogP contribution in [0.15, 0.2) is 60.9 Å². The third-order valence-electron chi connectivity index (χ3n) is 4.14. The van der Waals surface area contributed by atoms with Crippen molar-refractivity contribution in [1.29, 1.82) is 0 Å². The van der Waals surface area contributed by atoms with Crippen LogP contribution in [0.1, 0.15) is 18.2 Å². The molecule has 118 valence electrons. The molecule has 0 saturated heterocycles. The molecule has 1 aromatic heterocycles. The van der Waals surface area contributed by atoms with E-state index in [0.29, 0.717) is 0 Å². The number of imidazole rings is 1. The van der Waals surface area contributed by atoms with Crippen LogP contribution in [0.4, 0.5) is 0 Å². The molecule has 3 nitrogen and oxygen atoms in total. The number of para-hydroxylation sites is 1. The van der Waals surface area contributed by atoms with Crippen LogP contribution in [0.3, 0.4) is 0 Å². The van der Waals surface area contributed by atoms with Gasteiger partial charge in [0.2, 0.25) is 0 Å². The molecule has 0 aliphatic heterocycles. The number of benzene rings is 2. The van der Waals surface area contributed by atoms with Gasteiger partial charge in [0, 0.05) is 17.8 Å². The molecular formula is C20H22N2O. The summed E-state index contributed by atoms with van der Waals surface area (Å²) < 4.78 is 7.70. The molecule has 0 amide bonds. The lowest BCUT2D eigenvalue weighted by molar-refractivity contribution is 0.408. The first kappa shape index (κ1) is 15.3. The van der Waals surface area contributed by atoms with Crippen LogP contribution in [-0.4, -0.2) is 16.7 Å². The average molecular weight is 306 g/mol. The Kier molecular flexibility index (Phi) is 4.77. The zero-order chi connectivity index (χ0) is 16.1. The van der Waals surface area contributed by atoms with Crippen LogP contribution in [-0.2, 0) is 19.4 Å². The largest absolute Gasteiger partial charge is 0.496 e. The summed E-state index contributed by atoms with van der Waals surface area (Å²) in [5, 5.41) is 0. The first-order valence-corrected chi connectivity index (χ1v) is 8.04. The molecule has 0 bridgehead atoms. The number of hydrogen-bond donors (Lipinski definition) is 0. The number of hydrogen-bond acceptors (Lipinski definition) is 2. The van der Waals surface area contributed by atoms with Gasteiger partial charge in [0.25, 0.3) is 0 Å². The zero-order valence-electron chi connectivity index (χ0n) is 13.7. The minimum atomic E-state index is 0.906. The maximum Gasteiger partial charge on any atom is 0.122 e. The maximum atomic E-state index is 5.44. The second-order valence-corrected chi connectivity index (χ2v) is 5.51. The Balaban J connectivity index is 1.83. The summed E-state index contributed by atoms with van der Waals surface area (Å²) in [6.45, 7) is 3.09. The Bertz CT molecular complexity index is 762. The summed E-state index contributed by atoms with van der Waals surface area (Å²) in [6, 6.07) is 18.6. The summed E-state index contributed by atoms with van der Waals surface area (Å²) >= 11 is 0. The fraction of sp³-hybridized carbons (Fsp3) is 0.250. The van der Waals surface area contributed by atoms with E-state index in [1.807, 2.05) is 24.5 Å². The van der Waals surface area contributed by atoms with Gasteiger partial charge in [-0.3, -0.25) is 0 Å². The molecule has 0 radical (unpaired) electrons. The highest BCUT2D eigenvalue weighted by atomic mass is 16.5. The average Bonchev–Trinajstić information content (AvgIpc) is 3.03. The van der Waals surface area contributed by atoms with Crippen LogP contribution < -0.4 is 4.74 Å². The van der Waals surface area contributed by atoms with Gasteiger partial charge in [-0.1, -0.05) is 55.5 Å². The summed E-state index contributed by atoms with van der Waals surface area (Å²) in [6.07, 6.45) is 3.86. The SMILES string of the molecule is CCc1c(-c2ccccc2)ncn1CCc1ccccc1OC. The molecule has 0 spiro atoms. The van der Waals surface area contributed by atoms with E-state index in [2.05, 4.69) is 52.9 Å². The van der Waals surface area contributed by atoms with E-state index in [1.165, 1.54) is 16.8 Å². The molecule has 1 heterocycles. The summed E-state index contributed by atoms with van der Waals surface area (Å²) in [7, 11) is 1.72. The van der Waals surface area contributed by atoms with Gasteiger partial charge in [0.05, 0.1) is 19.1 Å². The minimum Gasteiger partial charge on any atom is -0.496 e. The monoisotopic (exact) mass is 306 g/mol. The zero-order valence-corrected chi connectivity index (χ0v) is 13.7. The second kappa shape index (κ2) is 7.14. The Labute approximate surface area is 137 Å². The number of ether oxygens (including phenoxy) is 1. The third kappa shape index (κ3) is 3.29. The lowest BCUT2D eigenvalue weighted by atomic mass is 10.1. The van der Waals surface area contributed by atoms with E-state index in [0.717, 1.165) is 30.8 Å². The quantitative estimate of drug-likeness (QED) is 0.676. The van der Waals surface area contributed by atoms with Gasteiger partial charge in [0.1, 0.15) is 5.75 Å². The van der Waals surface area contributed by atoms with E-state index < -0.39 is 0 Å². The highest BCUT2D eigenvalue weighted by Gasteiger charge is 2.11. The first-order chi connectivity index (χ1) is 11.3. The molecule has 0 unspecified atom stereocenters. The maximum absolute atomic E-state index is 5.44. The fourth-order valence-corrected chi connectivity index (χ4v) is 2.96. The Morgan fingerprint density at radius 1 is 1.00 bits per heavy atom. The normalized spacial score (nSPS) is 10.7. The van der Waals surface area contributed by atoms with E-state index >= 15 is 0 Å². The summed E-state index contributed by atoms with van der Waals surface area (Å²) in [5.74, 6) is 0.953. The first-order valence-electron chi connectivity index (χ1n) is 8.04. The summed E-state index contributed by atoms with van der Waals surface area (Å²) in [5.41, 5.74) is 4.78. The standard InChI is InChI=1S/C20H22N2O/c1-3-18-20(17-10-5-4-6-11-17)21-15-22(18)14-13-16-9-7-8-12-19(16)23-2/h4-12,15H,3,13-14H2,1-2H3. The van der Waals surface area contributed by atoms with E-state index in [9.17, 15) is 0 Å². The van der Waals surface area contributed by atoms with Gasteiger partial charge in [0.15, 0.2) is 0 Å². The van der Waals surface area contributed by atoms with Crippen LogP contribution in [0.5, 0.6) is 5.75 Å². The molecule has 0 aliphatic carbocycles. The molecule has 0 fully saturated rings. The Morgan fingerprint density at radius 3 is 2.48 bits per heavy atom.